The van der Waals surface area contributed by atoms with E-state index >= 15 is 0 Å². The minimum atomic E-state index is -0.158. The number of fused-ring (bicyclic) bond motifs is 2. The summed E-state index contributed by atoms with van der Waals surface area (Å²) in [7, 11) is 3.19. The summed E-state index contributed by atoms with van der Waals surface area (Å²) in [6.07, 6.45) is 0. The van der Waals surface area contributed by atoms with Gasteiger partial charge >= 0.3 is 0 Å². The van der Waals surface area contributed by atoms with E-state index in [2.05, 4.69) is 30.6 Å². The molecule has 4 N–H and O–H groups in total. The lowest BCUT2D eigenvalue weighted by Gasteiger charge is -2.04. The Hall–Kier alpha value is -4.54. The average Bonchev–Trinajstić information content (AvgIpc) is 3.57. The molecule has 0 aliphatic carbocycles. The Morgan fingerprint density at radius 3 is 1.50 bits per heavy atom. The van der Waals surface area contributed by atoms with Gasteiger partial charge in [0, 0.05) is 49.6 Å². The third-order valence-corrected chi connectivity index (χ3v) is 6.10. The predicted octanol–water partition coefficient (Wildman–Crippen LogP) is 3.53. The van der Waals surface area contributed by atoms with E-state index in [1.807, 2.05) is 36.4 Å². The van der Waals surface area contributed by atoms with Crippen molar-refractivity contribution in [2.75, 3.05) is 40.5 Å². The van der Waals surface area contributed by atoms with Gasteiger partial charge in [-0.15, -0.1) is 0 Å². The third kappa shape index (κ3) is 5.41. The number of aromatic nitrogens is 4. The Balaban J connectivity index is 1.32. The first kappa shape index (κ1) is 25.1. The highest BCUT2D eigenvalue weighted by molar-refractivity contribution is 5.98. The SMILES string of the molecule is COCCNC(=O)c1ccc2nc(-c3ccc(-c4nc5ccc(C(=O)NCCOC)cc5[nH]4)cc3)[nH]c2c1. The molecule has 0 bridgehead atoms. The number of H-pyrrole nitrogens is 2. The van der Waals surface area contributed by atoms with E-state index in [0.717, 1.165) is 33.2 Å². The number of hydrogen-bond acceptors (Lipinski definition) is 6. The summed E-state index contributed by atoms with van der Waals surface area (Å²) in [6.45, 7) is 1.81. The van der Waals surface area contributed by atoms with Crippen molar-refractivity contribution < 1.29 is 19.1 Å². The number of carbonyl (C=O) groups is 2. The van der Waals surface area contributed by atoms with Crippen LogP contribution in [0.1, 0.15) is 20.7 Å². The Bertz CT molecular complexity index is 1470. The van der Waals surface area contributed by atoms with Crippen LogP contribution in [0.2, 0.25) is 0 Å². The number of aromatic amines is 2. The Kier molecular flexibility index (Phi) is 7.43. The summed E-state index contributed by atoms with van der Waals surface area (Å²) in [6, 6.07) is 18.6. The molecule has 0 radical (unpaired) electrons. The van der Waals surface area contributed by atoms with Crippen LogP contribution in [0.25, 0.3) is 44.8 Å². The number of ether oxygens (including phenoxy) is 2. The molecule has 3 aromatic carbocycles. The van der Waals surface area contributed by atoms with Crippen LogP contribution in [0, 0.1) is 0 Å². The van der Waals surface area contributed by atoms with Gasteiger partial charge < -0.3 is 30.1 Å². The first-order valence-electron chi connectivity index (χ1n) is 12.2. The standard InChI is InChI=1S/C28H28N6O4/c1-37-13-11-29-27(35)19-7-9-21-23(15-19)33-25(31-21)17-3-5-18(6-4-17)26-32-22-10-8-20(16-24(22)34-26)28(36)30-12-14-38-2/h3-10,15-16H,11-14H2,1-2H3,(H,29,35)(H,30,36)(H,31,33)(H,32,34). The fraction of sp³-hybridized carbons (Fsp3) is 0.214. The highest BCUT2D eigenvalue weighted by Gasteiger charge is 2.12. The lowest BCUT2D eigenvalue weighted by atomic mass is 10.1. The van der Waals surface area contributed by atoms with Crippen LogP contribution in [0.3, 0.4) is 0 Å². The van der Waals surface area contributed by atoms with Crippen molar-refractivity contribution in [2.45, 2.75) is 0 Å². The molecule has 5 aromatic rings. The second-order valence-corrected chi connectivity index (χ2v) is 8.71. The van der Waals surface area contributed by atoms with Crippen molar-refractivity contribution in [1.29, 1.82) is 0 Å². The van der Waals surface area contributed by atoms with Gasteiger partial charge in [0.25, 0.3) is 11.8 Å². The molecule has 0 saturated carbocycles. The number of benzene rings is 3. The van der Waals surface area contributed by atoms with E-state index in [4.69, 9.17) is 9.47 Å². The molecule has 2 aromatic heterocycles. The number of carbonyl (C=O) groups excluding carboxylic acids is 2. The minimum absolute atomic E-state index is 0.158. The normalized spacial score (nSPS) is 11.2. The van der Waals surface area contributed by atoms with Crippen LogP contribution in [0.15, 0.2) is 60.7 Å². The Morgan fingerprint density at radius 2 is 1.11 bits per heavy atom. The summed E-state index contributed by atoms with van der Waals surface area (Å²) < 4.78 is 9.95. The smallest absolute Gasteiger partial charge is 0.251 e. The van der Waals surface area contributed by atoms with Gasteiger partial charge in [-0.1, -0.05) is 24.3 Å². The number of rotatable bonds is 10. The van der Waals surface area contributed by atoms with Crippen LogP contribution >= 0.6 is 0 Å². The van der Waals surface area contributed by atoms with Crippen molar-refractivity contribution >= 4 is 33.9 Å². The number of methoxy groups -OCH3 is 2. The van der Waals surface area contributed by atoms with Crippen LogP contribution in [-0.4, -0.2) is 72.3 Å². The maximum absolute atomic E-state index is 12.3. The number of amides is 2. The van der Waals surface area contributed by atoms with E-state index in [-0.39, 0.29) is 11.8 Å². The maximum atomic E-state index is 12.3. The molecule has 2 amide bonds. The summed E-state index contributed by atoms with van der Waals surface area (Å²) in [5.74, 6) is 1.10. The molecule has 10 heteroatoms. The molecule has 194 valence electrons. The fourth-order valence-electron chi connectivity index (χ4n) is 4.10. The molecule has 2 heterocycles. The molecule has 0 saturated heterocycles. The summed E-state index contributed by atoms with van der Waals surface area (Å²) in [4.78, 5) is 40.7. The minimum Gasteiger partial charge on any atom is -0.383 e. The van der Waals surface area contributed by atoms with E-state index in [1.165, 1.54) is 0 Å². The van der Waals surface area contributed by atoms with Crippen LogP contribution in [0.4, 0.5) is 0 Å². The maximum Gasteiger partial charge on any atom is 0.251 e. The van der Waals surface area contributed by atoms with Crippen LogP contribution in [-0.2, 0) is 9.47 Å². The quantitative estimate of drug-likeness (QED) is 0.212. The molecule has 0 aliphatic rings. The molecule has 0 unspecified atom stereocenters. The molecule has 0 aliphatic heterocycles. The lowest BCUT2D eigenvalue weighted by Crippen LogP contribution is -2.26. The highest BCUT2D eigenvalue weighted by Crippen LogP contribution is 2.26. The number of nitrogens with zero attached hydrogens (tertiary/aromatic N) is 2. The zero-order valence-electron chi connectivity index (χ0n) is 21.1. The summed E-state index contributed by atoms with van der Waals surface area (Å²) in [5, 5.41) is 5.64. The number of imidazole rings is 2. The van der Waals surface area contributed by atoms with Gasteiger partial charge in [-0.3, -0.25) is 9.59 Å². The molecule has 0 spiro atoms. The van der Waals surface area contributed by atoms with Gasteiger partial charge in [0.05, 0.1) is 35.3 Å². The Labute approximate surface area is 218 Å². The molecule has 0 fully saturated rings. The topological polar surface area (TPSA) is 134 Å². The van der Waals surface area contributed by atoms with E-state index in [9.17, 15) is 9.59 Å². The first-order chi connectivity index (χ1) is 18.6. The second kappa shape index (κ2) is 11.2. The number of hydrogen-bond donors (Lipinski definition) is 4. The highest BCUT2D eigenvalue weighted by atomic mass is 16.5. The summed E-state index contributed by atoms with van der Waals surface area (Å²) in [5.41, 5.74) is 6.03. The molecule has 38 heavy (non-hydrogen) atoms. The van der Waals surface area contributed by atoms with Crippen LogP contribution in [0.5, 0.6) is 0 Å². The largest absolute Gasteiger partial charge is 0.383 e. The van der Waals surface area contributed by atoms with Crippen molar-refractivity contribution in [2.24, 2.45) is 0 Å². The van der Waals surface area contributed by atoms with Gasteiger partial charge in [0.2, 0.25) is 0 Å². The zero-order valence-corrected chi connectivity index (χ0v) is 21.1. The molecule has 0 atom stereocenters. The van der Waals surface area contributed by atoms with Crippen molar-refractivity contribution in [3.05, 3.63) is 71.8 Å². The van der Waals surface area contributed by atoms with E-state index in [1.54, 1.807) is 38.5 Å². The van der Waals surface area contributed by atoms with Gasteiger partial charge in [-0.05, 0) is 36.4 Å². The monoisotopic (exact) mass is 512 g/mol. The van der Waals surface area contributed by atoms with Gasteiger partial charge in [0.15, 0.2) is 0 Å². The van der Waals surface area contributed by atoms with Gasteiger partial charge in [-0.25, -0.2) is 9.97 Å². The fourth-order valence-corrected chi connectivity index (χ4v) is 4.10. The zero-order chi connectivity index (χ0) is 26.5. The van der Waals surface area contributed by atoms with Crippen molar-refractivity contribution in [3.63, 3.8) is 0 Å². The molecule has 5 rings (SSSR count). The molecular formula is C28H28N6O4. The number of nitrogens with one attached hydrogen (secondary N) is 4. The van der Waals surface area contributed by atoms with Crippen LogP contribution < -0.4 is 10.6 Å². The van der Waals surface area contributed by atoms with Gasteiger partial charge in [0.1, 0.15) is 11.6 Å². The predicted molar refractivity (Wildman–Crippen MR) is 145 cm³/mol. The van der Waals surface area contributed by atoms with Crippen molar-refractivity contribution in [3.8, 4) is 22.8 Å². The van der Waals surface area contributed by atoms with Crippen molar-refractivity contribution in [1.82, 2.24) is 30.6 Å². The van der Waals surface area contributed by atoms with E-state index < -0.39 is 0 Å². The van der Waals surface area contributed by atoms with Gasteiger partial charge in [-0.2, -0.15) is 0 Å². The Morgan fingerprint density at radius 1 is 0.684 bits per heavy atom. The summed E-state index contributed by atoms with van der Waals surface area (Å²) >= 11 is 0. The first-order valence-corrected chi connectivity index (χ1v) is 12.2. The molecule has 10 nitrogen and oxygen atoms in total. The average molecular weight is 513 g/mol. The second-order valence-electron chi connectivity index (χ2n) is 8.71. The lowest BCUT2D eigenvalue weighted by molar-refractivity contribution is 0.0929. The van der Waals surface area contributed by atoms with E-state index in [0.29, 0.717) is 49.1 Å². The third-order valence-electron chi connectivity index (χ3n) is 6.10. The molecular weight excluding hydrogens is 484 g/mol.